The molecule has 2 aliphatic rings. The van der Waals surface area contributed by atoms with Gasteiger partial charge < -0.3 is 14.8 Å². The lowest BCUT2D eigenvalue weighted by Gasteiger charge is -2.37. The van der Waals surface area contributed by atoms with E-state index in [0.29, 0.717) is 12.5 Å². The van der Waals surface area contributed by atoms with Crippen molar-refractivity contribution in [3.8, 4) is 5.75 Å². The molecule has 1 amide bonds. The summed E-state index contributed by atoms with van der Waals surface area (Å²) in [4.78, 5) is 15.3. The second kappa shape index (κ2) is 9.75. The average molecular weight is 389 g/mol. The van der Waals surface area contributed by atoms with Crippen LogP contribution in [-0.4, -0.2) is 49.8 Å². The Balaban J connectivity index is 1.48. The zero-order valence-corrected chi connectivity index (χ0v) is 17.7. The Bertz CT molecular complexity index is 633. The summed E-state index contributed by atoms with van der Waals surface area (Å²) in [5.74, 6) is 2.11. The quantitative estimate of drug-likeness (QED) is 0.755. The van der Waals surface area contributed by atoms with Crippen LogP contribution in [0.5, 0.6) is 5.75 Å². The highest BCUT2D eigenvalue weighted by Gasteiger charge is 2.41. The van der Waals surface area contributed by atoms with E-state index in [4.69, 9.17) is 9.47 Å². The first-order valence-electron chi connectivity index (χ1n) is 10.8. The predicted octanol–water partition coefficient (Wildman–Crippen LogP) is 4.33. The summed E-state index contributed by atoms with van der Waals surface area (Å²) in [6.07, 6.45) is 6.40. The number of carbonyl (C=O) groups excluding carboxylic acids is 1. The average Bonchev–Trinajstić information content (AvgIpc) is 2.69. The molecule has 1 aliphatic carbocycles. The van der Waals surface area contributed by atoms with Gasteiger partial charge in [0.1, 0.15) is 18.0 Å². The van der Waals surface area contributed by atoms with Gasteiger partial charge in [-0.25, -0.2) is 0 Å². The van der Waals surface area contributed by atoms with E-state index >= 15 is 0 Å². The molecule has 1 saturated carbocycles. The highest BCUT2D eigenvalue weighted by Crippen LogP contribution is 2.35. The Kier molecular flexibility index (Phi) is 7.36. The van der Waals surface area contributed by atoms with Crippen LogP contribution in [0.3, 0.4) is 0 Å². The number of rotatable bonds is 7. The third-order valence-corrected chi connectivity index (χ3v) is 6.29. The van der Waals surface area contributed by atoms with Gasteiger partial charge in [0.2, 0.25) is 0 Å². The molecule has 0 unspecified atom stereocenters. The Morgan fingerprint density at radius 2 is 1.93 bits per heavy atom. The number of methoxy groups -OCH3 is 1. The van der Waals surface area contributed by atoms with E-state index < -0.39 is 5.60 Å². The first-order chi connectivity index (χ1) is 13.5. The van der Waals surface area contributed by atoms with Crippen LogP contribution >= 0.6 is 0 Å². The molecule has 1 N–H and O–H groups in total. The molecule has 3 rings (SSSR count). The van der Waals surface area contributed by atoms with E-state index in [1.165, 1.54) is 32.4 Å². The molecule has 2 fully saturated rings. The fraction of sp³-hybridized carbons (Fsp3) is 0.696. The SMILES string of the molecule is CO[C@]1(C(=O)Nc2ccc(OCCN3CCC[C@@H](C)C3)cc2)CCC[C@@H](C)C1. The molecule has 156 valence electrons. The molecule has 1 heterocycles. The van der Waals surface area contributed by atoms with Crippen molar-refractivity contribution in [1.82, 2.24) is 4.90 Å². The predicted molar refractivity (Wildman–Crippen MR) is 113 cm³/mol. The summed E-state index contributed by atoms with van der Waals surface area (Å²) in [7, 11) is 1.65. The van der Waals surface area contributed by atoms with Gasteiger partial charge in [-0.2, -0.15) is 0 Å². The third-order valence-electron chi connectivity index (χ3n) is 6.29. The third kappa shape index (κ3) is 5.48. The summed E-state index contributed by atoms with van der Waals surface area (Å²) in [5.41, 5.74) is 0.0927. The van der Waals surface area contributed by atoms with Gasteiger partial charge >= 0.3 is 0 Å². The molecule has 1 aromatic carbocycles. The van der Waals surface area contributed by atoms with E-state index in [2.05, 4.69) is 24.1 Å². The van der Waals surface area contributed by atoms with Gasteiger partial charge in [0, 0.05) is 25.9 Å². The normalized spacial score (nSPS) is 28.7. The number of amides is 1. The van der Waals surface area contributed by atoms with Crippen molar-refractivity contribution >= 4 is 11.6 Å². The number of carbonyl (C=O) groups is 1. The maximum absolute atomic E-state index is 12.9. The largest absolute Gasteiger partial charge is 0.492 e. The summed E-state index contributed by atoms with van der Waals surface area (Å²) < 4.78 is 11.6. The van der Waals surface area contributed by atoms with E-state index in [1.807, 2.05) is 24.3 Å². The molecule has 5 heteroatoms. The van der Waals surface area contributed by atoms with Crippen LogP contribution in [0.1, 0.15) is 52.4 Å². The van der Waals surface area contributed by atoms with Gasteiger partial charge in [-0.3, -0.25) is 9.69 Å². The highest BCUT2D eigenvalue weighted by molar-refractivity contribution is 5.97. The van der Waals surface area contributed by atoms with Crippen molar-refractivity contribution in [3.63, 3.8) is 0 Å². The van der Waals surface area contributed by atoms with Crippen molar-refractivity contribution in [3.05, 3.63) is 24.3 Å². The molecule has 0 bridgehead atoms. The van der Waals surface area contributed by atoms with Crippen LogP contribution < -0.4 is 10.1 Å². The molecule has 0 radical (unpaired) electrons. The van der Waals surface area contributed by atoms with Crippen molar-refractivity contribution in [2.24, 2.45) is 11.8 Å². The number of nitrogens with zero attached hydrogens (tertiary/aromatic N) is 1. The zero-order valence-electron chi connectivity index (χ0n) is 17.7. The van der Waals surface area contributed by atoms with Crippen molar-refractivity contribution in [2.75, 3.05) is 38.7 Å². The standard InChI is InChI=1S/C23H36N2O3/c1-18-6-4-12-23(16-18,27-3)22(26)24-20-8-10-21(11-9-20)28-15-14-25-13-5-7-19(2)17-25/h8-11,18-19H,4-7,12-17H2,1-3H3,(H,24,26)/t18-,19-,23-/m1/s1. The molecular weight excluding hydrogens is 352 g/mol. The van der Waals surface area contributed by atoms with E-state index in [0.717, 1.165) is 43.2 Å². The number of benzene rings is 1. The number of nitrogens with one attached hydrogen (secondary N) is 1. The van der Waals surface area contributed by atoms with Crippen molar-refractivity contribution in [1.29, 1.82) is 0 Å². The molecular formula is C23H36N2O3. The number of piperidine rings is 1. The summed E-state index contributed by atoms with van der Waals surface area (Å²) in [6, 6.07) is 7.67. The lowest BCUT2D eigenvalue weighted by atomic mass is 9.78. The minimum Gasteiger partial charge on any atom is -0.492 e. The monoisotopic (exact) mass is 388 g/mol. The Hall–Kier alpha value is -1.59. The minimum atomic E-state index is -0.696. The maximum atomic E-state index is 12.9. The van der Waals surface area contributed by atoms with Gasteiger partial charge in [-0.05, 0) is 74.8 Å². The smallest absolute Gasteiger partial charge is 0.256 e. The molecule has 5 nitrogen and oxygen atoms in total. The molecule has 0 aromatic heterocycles. The maximum Gasteiger partial charge on any atom is 0.256 e. The second-order valence-corrected chi connectivity index (χ2v) is 8.77. The number of hydrogen-bond acceptors (Lipinski definition) is 4. The molecule has 1 aromatic rings. The fourth-order valence-electron chi connectivity index (χ4n) is 4.65. The van der Waals surface area contributed by atoms with Crippen LogP contribution in [0.2, 0.25) is 0 Å². The van der Waals surface area contributed by atoms with Crippen LogP contribution in [0.4, 0.5) is 5.69 Å². The topological polar surface area (TPSA) is 50.8 Å². The van der Waals surface area contributed by atoms with Gasteiger partial charge in [0.15, 0.2) is 0 Å². The van der Waals surface area contributed by atoms with Gasteiger partial charge in [0.25, 0.3) is 5.91 Å². The van der Waals surface area contributed by atoms with E-state index in [1.54, 1.807) is 7.11 Å². The molecule has 1 aliphatic heterocycles. The molecule has 3 atom stereocenters. The minimum absolute atomic E-state index is 0.0329. The summed E-state index contributed by atoms with van der Waals surface area (Å²) >= 11 is 0. The van der Waals surface area contributed by atoms with E-state index in [-0.39, 0.29) is 5.91 Å². The number of hydrogen-bond donors (Lipinski definition) is 1. The number of likely N-dealkylation sites (tertiary alicyclic amines) is 1. The lowest BCUT2D eigenvalue weighted by molar-refractivity contribution is -0.143. The fourth-order valence-corrected chi connectivity index (χ4v) is 4.65. The number of ether oxygens (including phenoxy) is 2. The first kappa shape index (κ1) is 21.1. The van der Waals surface area contributed by atoms with Gasteiger partial charge in [-0.1, -0.05) is 20.3 Å². The van der Waals surface area contributed by atoms with Crippen LogP contribution in [0.25, 0.3) is 0 Å². The Labute approximate surface area is 169 Å². The molecule has 1 saturated heterocycles. The summed E-state index contributed by atoms with van der Waals surface area (Å²) in [5, 5.41) is 3.04. The number of anilines is 1. The molecule has 0 spiro atoms. The van der Waals surface area contributed by atoms with Crippen LogP contribution in [0, 0.1) is 11.8 Å². The Morgan fingerprint density at radius 1 is 1.18 bits per heavy atom. The highest BCUT2D eigenvalue weighted by atomic mass is 16.5. The summed E-state index contributed by atoms with van der Waals surface area (Å²) in [6.45, 7) is 8.53. The Morgan fingerprint density at radius 3 is 2.61 bits per heavy atom. The van der Waals surface area contributed by atoms with E-state index in [9.17, 15) is 4.79 Å². The van der Waals surface area contributed by atoms with Crippen molar-refractivity contribution in [2.45, 2.75) is 58.0 Å². The first-order valence-corrected chi connectivity index (χ1v) is 10.8. The van der Waals surface area contributed by atoms with Crippen molar-refractivity contribution < 1.29 is 14.3 Å². The second-order valence-electron chi connectivity index (χ2n) is 8.77. The lowest BCUT2D eigenvalue weighted by Crippen LogP contribution is -2.47. The van der Waals surface area contributed by atoms with Gasteiger partial charge in [-0.15, -0.1) is 0 Å². The molecule has 28 heavy (non-hydrogen) atoms. The van der Waals surface area contributed by atoms with Crippen LogP contribution in [0.15, 0.2) is 24.3 Å². The zero-order chi connectivity index (χ0) is 20.0. The van der Waals surface area contributed by atoms with Crippen LogP contribution in [-0.2, 0) is 9.53 Å². The van der Waals surface area contributed by atoms with Gasteiger partial charge in [0.05, 0.1) is 0 Å².